The zero-order chi connectivity index (χ0) is 23.4. The fraction of sp³-hybridized carbons (Fsp3) is 0.200. The first kappa shape index (κ1) is 22.7. The Morgan fingerprint density at radius 2 is 1.73 bits per heavy atom. The van der Waals surface area contributed by atoms with E-state index in [2.05, 4.69) is 26.2 Å². The summed E-state index contributed by atoms with van der Waals surface area (Å²) in [5.41, 5.74) is 0.643. The molecular weight excluding hydrogens is 486 g/mol. The predicted molar refractivity (Wildman–Crippen MR) is 127 cm³/mol. The third kappa shape index (κ3) is 4.66. The number of urea groups is 1. The molecule has 33 heavy (non-hydrogen) atoms. The topological polar surface area (TPSA) is 88.6 Å². The number of methoxy groups -OCH3 is 1. The first-order chi connectivity index (χ1) is 15.9. The standard InChI is InChI=1S/C25H22BrN3O4/c1-33-21-4-2-3-20(15-21)29-23(31)25(22(30)28-24(29)32,12-9-17-10-13-27-14-11-17)16-18-5-7-19(26)8-6-18/h2-8,10-11,13-15H,9,12,16H2,1H3,(H,28,30,32). The molecule has 2 aromatic carbocycles. The van der Waals surface area contributed by atoms with Gasteiger partial charge in [0.1, 0.15) is 11.2 Å². The molecule has 8 heteroatoms. The van der Waals surface area contributed by atoms with E-state index >= 15 is 0 Å². The van der Waals surface area contributed by atoms with Gasteiger partial charge in [-0.1, -0.05) is 34.1 Å². The minimum Gasteiger partial charge on any atom is -0.497 e. The van der Waals surface area contributed by atoms with Crippen molar-refractivity contribution in [1.29, 1.82) is 0 Å². The summed E-state index contributed by atoms with van der Waals surface area (Å²) in [6, 6.07) is 17.0. The summed E-state index contributed by atoms with van der Waals surface area (Å²) in [6.45, 7) is 0. The van der Waals surface area contributed by atoms with Crippen LogP contribution >= 0.6 is 15.9 Å². The number of pyridine rings is 1. The van der Waals surface area contributed by atoms with E-state index in [1.807, 2.05) is 36.4 Å². The molecule has 1 saturated heterocycles. The van der Waals surface area contributed by atoms with Crippen molar-refractivity contribution in [2.24, 2.45) is 5.41 Å². The fourth-order valence-corrected chi connectivity index (χ4v) is 4.25. The second-order valence-electron chi connectivity index (χ2n) is 7.84. The minimum absolute atomic E-state index is 0.157. The van der Waals surface area contributed by atoms with E-state index in [4.69, 9.17) is 4.74 Å². The fourth-order valence-electron chi connectivity index (χ4n) is 3.98. The number of amides is 4. The number of ether oxygens (including phenoxy) is 1. The largest absolute Gasteiger partial charge is 0.497 e. The van der Waals surface area contributed by atoms with Crippen LogP contribution in [0.15, 0.2) is 77.5 Å². The quantitative estimate of drug-likeness (QED) is 0.481. The maximum absolute atomic E-state index is 13.9. The van der Waals surface area contributed by atoms with E-state index in [-0.39, 0.29) is 12.8 Å². The van der Waals surface area contributed by atoms with Crippen molar-refractivity contribution in [2.45, 2.75) is 19.3 Å². The molecule has 1 aromatic heterocycles. The van der Waals surface area contributed by atoms with Crippen molar-refractivity contribution in [3.8, 4) is 5.75 Å². The number of barbiturate groups is 1. The van der Waals surface area contributed by atoms with Gasteiger partial charge in [-0.2, -0.15) is 0 Å². The third-order valence-corrected chi connectivity index (χ3v) is 6.32. The Hall–Kier alpha value is -3.52. The summed E-state index contributed by atoms with van der Waals surface area (Å²) < 4.78 is 6.15. The molecule has 1 N–H and O–H groups in total. The normalized spacial score (nSPS) is 18.2. The van der Waals surface area contributed by atoms with Crippen LogP contribution in [0.1, 0.15) is 17.5 Å². The molecule has 0 radical (unpaired) electrons. The second kappa shape index (κ2) is 9.54. The van der Waals surface area contributed by atoms with Gasteiger partial charge in [0.2, 0.25) is 5.91 Å². The lowest BCUT2D eigenvalue weighted by Crippen LogP contribution is -2.65. The number of rotatable bonds is 7. The molecule has 1 fully saturated rings. The van der Waals surface area contributed by atoms with Crippen LogP contribution in [0.2, 0.25) is 0 Å². The van der Waals surface area contributed by atoms with Crippen LogP contribution in [0.5, 0.6) is 5.75 Å². The predicted octanol–water partition coefficient (Wildman–Crippen LogP) is 4.30. The van der Waals surface area contributed by atoms with Gasteiger partial charge in [-0.15, -0.1) is 0 Å². The van der Waals surface area contributed by atoms with E-state index in [1.54, 1.807) is 36.7 Å². The van der Waals surface area contributed by atoms with E-state index in [9.17, 15) is 14.4 Å². The smallest absolute Gasteiger partial charge is 0.335 e. The number of nitrogens with zero attached hydrogens (tertiary/aromatic N) is 2. The zero-order valence-corrected chi connectivity index (χ0v) is 19.5. The van der Waals surface area contributed by atoms with Gasteiger partial charge in [0, 0.05) is 22.9 Å². The number of hydrogen-bond donors (Lipinski definition) is 1. The molecule has 0 aliphatic carbocycles. The lowest BCUT2D eigenvalue weighted by Gasteiger charge is -2.39. The monoisotopic (exact) mass is 507 g/mol. The molecule has 3 aromatic rings. The number of carbonyl (C=O) groups excluding carboxylic acids is 3. The Balaban J connectivity index is 1.76. The average molecular weight is 508 g/mol. The number of hydrogen-bond acceptors (Lipinski definition) is 5. The molecule has 1 unspecified atom stereocenters. The molecule has 4 rings (SSSR count). The molecule has 4 amide bonds. The van der Waals surface area contributed by atoms with Gasteiger partial charge in [-0.05, 0) is 66.8 Å². The summed E-state index contributed by atoms with van der Waals surface area (Å²) in [5, 5.41) is 2.42. The zero-order valence-electron chi connectivity index (χ0n) is 18.0. The molecule has 1 atom stereocenters. The number of anilines is 1. The van der Waals surface area contributed by atoms with E-state index in [0.29, 0.717) is 17.9 Å². The van der Waals surface area contributed by atoms with Gasteiger partial charge in [-0.25, -0.2) is 9.69 Å². The van der Waals surface area contributed by atoms with Crippen molar-refractivity contribution < 1.29 is 19.1 Å². The Labute approximate surface area is 199 Å². The second-order valence-corrected chi connectivity index (χ2v) is 8.76. The Morgan fingerprint density at radius 3 is 2.42 bits per heavy atom. The lowest BCUT2D eigenvalue weighted by molar-refractivity contribution is -0.143. The summed E-state index contributed by atoms with van der Waals surface area (Å²) >= 11 is 3.41. The van der Waals surface area contributed by atoms with Crippen LogP contribution in [-0.2, 0) is 22.4 Å². The first-order valence-electron chi connectivity index (χ1n) is 10.4. The number of nitrogens with one attached hydrogen (secondary N) is 1. The van der Waals surface area contributed by atoms with Crippen LogP contribution in [0.4, 0.5) is 10.5 Å². The molecule has 168 valence electrons. The highest BCUT2D eigenvalue weighted by molar-refractivity contribution is 9.10. The Bertz CT molecular complexity index is 1180. The lowest BCUT2D eigenvalue weighted by atomic mass is 9.73. The molecule has 1 aliphatic rings. The average Bonchev–Trinajstić information content (AvgIpc) is 2.83. The SMILES string of the molecule is COc1cccc(N2C(=O)NC(=O)C(CCc3ccncc3)(Cc3ccc(Br)cc3)C2=O)c1. The van der Waals surface area contributed by atoms with Crippen molar-refractivity contribution in [1.82, 2.24) is 10.3 Å². The molecule has 0 saturated carbocycles. The molecule has 1 aliphatic heterocycles. The number of aromatic nitrogens is 1. The van der Waals surface area contributed by atoms with Gasteiger partial charge in [0.05, 0.1) is 12.8 Å². The molecule has 0 bridgehead atoms. The van der Waals surface area contributed by atoms with E-state index < -0.39 is 23.3 Å². The van der Waals surface area contributed by atoms with Crippen molar-refractivity contribution >= 4 is 39.5 Å². The minimum atomic E-state index is -1.46. The highest BCUT2D eigenvalue weighted by atomic mass is 79.9. The van der Waals surface area contributed by atoms with Crippen molar-refractivity contribution in [3.05, 3.63) is 88.7 Å². The first-order valence-corrected chi connectivity index (χ1v) is 11.2. The van der Waals surface area contributed by atoms with Crippen LogP contribution < -0.4 is 15.0 Å². The van der Waals surface area contributed by atoms with Crippen LogP contribution in [0, 0.1) is 5.41 Å². The summed E-state index contributed by atoms with van der Waals surface area (Å²) in [5.74, 6) is -0.643. The molecule has 7 nitrogen and oxygen atoms in total. The Morgan fingerprint density at radius 1 is 1.00 bits per heavy atom. The number of imide groups is 2. The summed E-state index contributed by atoms with van der Waals surface area (Å²) in [6.07, 6.45) is 4.20. The number of benzene rings is 2. The maximum Gasteiger partial charge on any atom is 0.335 e. The third-order valence-electron chi connectivity index (χ3n) is 5.79. The van der Waals surface area contributed by atoms with Crippen molar-refractivity contribution in [2.75, 3.05) is 12.0 Å². The number of carbonyl (C=O) groups is 3. The van der Waals surface area contributed by atoms with Gasteiger partial charge in [0.15, 0.2) is 0 Å². The van der Waals surface area contributed by atoms with E-state index in [1.165, 1.54) is 7.11 Å². The van der Waals surface area contributed by atoms with Gasteiger partial charge >= 0.3 is 6.03 Å². The number of aryl methyl sites for hydroxylation is 1. The highest BCUT2D eigenvalue weighted by Gasteiger charge is 2.54. The van der Waals surface area contributed by atoms with Crippen LogP contribution in [0.25, 0.3) is 0 Å². The highest BCUT2D eigenvalue weighted by Crippen LogP contribution is 2.37. The molecule has 2 heterocycles. The Kier molecular flexibility index (Phi) is 6.55. The van der Waals surface area contributed by atoms with Gasteiger partial charge < -0.3 is 4.74 Å². The van der Waals surface area contributed by atoms with Gasteiger partial charge in [0.25, 0.3) is 5.91 Å². The van der Waals surface area contributed by atoms with Crippen LogP contribution in [0.3, 0.4) is 0 Å². The maximum atomic E-state index is 13.9. The molecular formula is C25H22BrN3O4. The van der Waals surface area contributed by atoms with E-state index in [0.717, 1.165) is 20.5 Å². The van der Waals surface area contributed by atoms with Crippen molar-refractivity contribution in [3.63, 3.8) is 0 Å². The molecule has 0 spiro atoms. The summed E-state index contributed by atoms with van der Waals surface area (Å²) in [4.78, 5) is 45.1. The number of halogens is 1. The van der Waals surface area contributed by atoms with Crippen LogP contribution in [-0.4, -0.2) is 29.9 Å². The van der Waals surface area contributed by atoms with Gasteiger partial charge in [-0.3, -0.25) is 19.9 Å². The summed E-state index contributed by atoms with van der Waals surface area (Å²) in [7, 11) is 1.51.